The van der Waals surface area contributed by atoms with Gasteiger partial charge in [0, 0.05) is 0 Å². The third-order valence-corrected chi connectivity index (χ3v) is 1.07. The third-order valence-electron chi connectivity index (χ3n) is 1.07. The fourth-order valence-corrected chi connectivity index (χ4v) is 0.408. The molecule has 28 heavy (non-hydrogen) atoms. The normalized spacial score (nSPS) is 8.64. The van der Waals surface area contributed by atoms with Crippen molar-refractivity contribution < 1.29 is 59.4 Å². The molecule has 0 atom stereocenters. The van der Waals surface area contributed by atoms with Crippen LogP contribution in [0, 0.1) is 0 Å². The van der Waals surface area contributed by atoms with E-state index in [1.807, 2.05) is 0 Å². The van der Waals surface area contributed by atoms with Crippen LogP contribution in [0.4, 0.5) is 0 Å². The monoisotopic (exact) mass is 612 g/mol. The number of aliphatic carboxylic acids is 6. The average Bonchev–Trinajstić information content (AvgIpc) is 2.61. The zero-order valence-corrected chi connectivity index (χ0v) is 20.1. The second-order valence-electron chi connectivity index (χ2n) is 2.91. The standard InChI is InChI=1S/3C4H4O4.2CH3.2Sn/c3*5-3(6)1-2-4(7)8;;;;/h3*1-2H,(H,5,6)(H,7,8);2*1H3;;/q;;;;;2*+3/p-6. The Kier molecular flexibility index (Phi) is 38.4. The summed E-state index contributed by atoms with van der Waals surface area (Å²) in [5, 5.41) is 56.5. The molecule has 0 aliphatic carbocycles. The van der Waals surface area contributed by atoms with Crippen molar-refractivity contribution in [3.05, 3.63) is 36.5 Å². The van der Waals surface area contributed by atoms with Crippen LogP contribution in [0.1, 0.15) is 0 Å². The van der Waals surface area contributed by atoms with Gasteiger partial charge < -0.3 is 59.4 Å². The van der Waals surface area contributed by atoms with Gasteiger partial charge in [-0.1, -0.05) is 0 Å². The first-order valence-electron chi connectivity index (χ1n) is 6.18. The molecule has 0 bridgehead atoms. The summed E-state index contributed by atoms with van der Waals surface area (Å²) in [5.41, 5.74) is 0. The Labute approximate surface area is 186 Å². The summed E-state index contributed by atoms with van der Waals surface area (Å²) in [6.45, 7) is 0. The minimum absolute atomic E-state index is 0.384. The van der Waals surface area contributed by atoms with Crippen LogP contribution in [0.3, 0.4) is 0 Å². The van der Waals surface area contributed by atoms with E-state index in [2.05, 4.69) is 9.88 Å². The molecular weight excluding hydrogens is 598 g/mol. The number of hydrogen-bond acceptors (Lipinski definition) is 12. The Morgan fingerprint density at radius 2 is 0.464 bits per heavy atom. The molecule has 0 aromatic heterocycles. The van der Waals surface area contributed by atoms with Crippen molar-refractivity contribution in [3.8, 4) is 0 Å². The summed E-state index contributed by atoms with van der Waals surface area (Å²) in [6, 6.07) is 0. The number of hydrogen-bond donors (Lipinski definition) is 0. The van der Waals surface area contributed by atoms with E-state index in [9.17, 15) is 59.4 Å². The number of carboxylic acid groups (broad SMARTS) is 6. The van der Waals surface area contributed by atoms with Gasteiger partial charge >= 0.3 is 54.9 Å². The van der Waals surface area contributed by atoms with Crippen LogP contribution in [0.5, 0.6) is 0 Å². The molecule has 0 saturated carbocycles. The molecule has 0 heterocycles. The Morgan fingerprint density at radius 3 is 0.500 bits per heavy atom. The molecule has 0 amide bonds. The van der Waals surface area contributed by atoms with Gasteiger partial charge in [-0.15, -0.1) is 0 Å². The first-order chi connectivity index (χ1) is 12.9. The van der Waals surface area contributed by atoms with Gasteiger partial charge in [-0.3, -0.25) is 0 Å². The molecule has 0 radical (unpaired) electrons. The van der Waals surface area contributed by atoms with Crippen molar-refractivity contribution in [1.82, 2.24) is 0 Å². The molecule has 0 unspecified atom stereocenters. The predicted molar refractivity (Wildman–Crippen MR) is 80.7 cm³/mol. The second kappa shape index (κ2) is 29.4. The van der Waals surface area contributed by atoms with E-state index < -0.39 is 35.8 Å². The third kappa shape index (κ3) is 75.8. The Bertz CT molecular complexity index is 450. The van der Waals surface area contributed by atoms with Crippen LogP contribution in [-0.4, -0.2) is 80.9 Å². The van der Waals surface area contributed by atoms with E-state index >= 15 is 0 Å². The van der Waals surface area contributed by atoms with Crippen molar-refractivity contribution >= 4 is 80.9 Å². The van der Waals surface area contributed by atoms with Gasteiger partial charge in [0.25, 0.3) is 0 Å². The van der Waals surface area contributed by atoms with Crippen LogP contribution in [-0.2, 0) is 28.8 Å². The number of carbonyl (C=O) groups excluding carboxylic acids is 6. The van der Waals surface area contributed by atoms with Crippen molar-refractivity contribution in [2.24, 2.45) is 0 Å². The van der Waals surface area contributed by atoms with Crippen molar-refractivity contribution in [2.45, 2.75) is 9.88 Å². The SMILES string of the molecule is O=C([O-])C=CC(=O)[O-].O=C([O-])C=CC(=O)[O-].O=C([O-])C=CC(=O)[O-].[CH3][Sn+3].[CH3][Sn+3]. The van der Waals surface area contributed by atoms with Crippen LogP contribution < -0.4 is 30.6 Å². The van der Waals surface area contributed by atoms with E-state index in [0.717, 1.165) is 0 Å². The topological polar surface area (TPSA) is 241 Å². The first kappa shape index (κ1) is 36.5. The summed E-state index contributed by atoms with van der Waals surface area (Å²) in [5.74, 6) is -9.28. The predicted octanol–water partition coefficient (Wildman–Crippen LogP) is -8.47. The maximum absolute atomic E-state index is 9.41. The zero-order chi connectivity index (χ0) is 23.7. The number of carboxylic acids is 6. The zero-order valence-electron chi connectivity index (χ0n) is 14.4. The van der Waals surface area contributed by atoms with Gasteiger partial charge in [-0.2, -0.15) is 0 Å². The van der Waals surface area contributed by atoms with E-state index in [-0.39, 0.29) is 0 Å². The van der Waals surface area contributed by atoms with Crippen LogP contribution in [0.25, 0.3) is 0 Å². The number of carbonyl (C=O) groups is 6. The van der Waals surface area contributed by atoms with Gasteiger partial charge in [0.15, 0.2) is 0 Å². The van der Waals surface area contributed by atoms with Gasteiger partial charge in [0.2, 0.25) is 0 Å². The van der Waals surface area contributed by atoms with Crippen LogP contribution in [0.2, 0.25) is 9.88 Å². The van der Waals surface area contributed by atoms with Gasteiger partial charge in [0.1, 0.15) is 0 Å². The Morgan fingerprint density at radius 1 is 0.393 bits per heavy atom. The molecule has 0 aliphatic heterocycles. The van der Waals surface area contributed by atoms with Crippen molar-refractivity contribution in [1.29, 1.82) is 0 Å². The first-order valence-corrected chi connectivity index (χ1v) is 11.9. The maximum atomic E-state index is 9.41. The fraction of sp³-hybridized carbons (Fsp3) is 0.143. The Hall–Kier alpha value is -2.36. The van der Waals surface area contributed by atoms with Crippen LogP contribution in [0.15, 0.2) is 36.5 Å². The van der Waals surface area contributed by atoms with Gasteiger partial charge in [-0.05, 0) is 36.5 Å². The molecule has 0 fully saturated rings. The van der Waals surface area contributed by atoms with E-state index in [0.29, 0.717) is 36.5 Å². The Balaban J connectivity index is -0.0000000864. The second-order valence-corrected chi connectivity index (χ2v) is 2.91. The molecule has 0 saturated heterocycles. The summed E-state index contributed by atoms with van der Waals surface area (Å²) >= 11 is 3.10. The summed E-state index contributed by atoms with van der Waals surface area (Å²) in [6.07, 6.45) is 2.31. The fourth-order valence-electron chi connectivity index (χ4n) is 0.408. The van der Waals surface area contributed by atoms with E-state index in [4.69, 9.17) is 0 Å². The van der Waals surface area contributed by atoms with Gasteiger partial charge in [-0.25, -0.2) is 0 Å². The van der Waals surface area contributed by atoms with Crippen molar-refractivity contribution in [3.63, 3.8) is 0 Å². The van der Waals surface area contributed by atoms with E-state index in [1.54, 1.807) is 45.0 Å². The average molecular weight is 610 g/mol. The molecular formula is C14H12O12Sn2. The van der Waals surface area contributed by atoms with Crippen LogP contribution >= 0.6 is 0 Å². The molecule has 14 heteroatoms. The number of rotatable bonds is 6. The molecule has 148 valence electrons. The minimum atomic E-state index is -1.55. The molecule has 0 N–H and O–H groups in total. The summed E-state index contributed by atoms with van der Waals surface area (Å²) < 4.78 is 0. The summed E-state index contributed by atoms with van der Waals surface area (Å²) in [7, 11) is 0. The van der Waals surface area contributed by atoms with Crippen molar-refractivity contribution in [2.75, 3.05) is 0 Å². The quantitative estimate of drug-likeness (QED) is 0.201. The molecule has 0 aromatic rings. The molecule has 0 aliphatic rings. The summed E-state index contributed by atoms with van der Waals surface area (Å²) in [4.78, 5) is 60.7. The molecule has 0 rings (SSSR count). The molecule has 12 nitrogen and oxygen atoms in total. The van der Waals surface area contributed by atoms with Gasteiger partial charge in [0.05, 0.1) is 35.8 Å². The molecule has 0 spiro atoms. The molecule has 0 aromatic carbocycles. The van der Waals surface area contributed by atoms with E-state index in [1.165, 1.54) is 0 Å².